The maximum absolute atomic E-state index is 10.7. The Kier molecular flexibility index (Phi) is 2.88. The van der Waals surface area contributed by atoms with E-state index in [1.807, 2.05) is 0 Å². The standard InChI is InChI=1S/C7H10NO/c1-4-6(8)7(9)5(2)3/h4H,1-2,8H2,3H3. The fourth-order valence-electron chi connectivity index (χ4n) is 0.339. The highest BCUT2D eigenvalue weighted by Gasteiger charge is 2.09. The third-order valence-corrected chi connectivity index (χ3v) is 0.870. The van der Waals surface area contributed by atoms with Gasteiger partial charge in [0.1, 0.15) is 6.04 Å². The molecule has 0 aromatic carbocycles. The Bertz CT molecular complexity index is 149. The van der Waals surface area contributed by atoms with Crippen LogP contribution in [-0.4, -0.2) is 5.78 Å². The lowest BCUT2D eigenvalue weighted by Crippen LogP contribution is -2.18. The van der Waals surface area contributed by atoms with Gasteiger partial charge in [-0.05, 0) is 12.5 Å². The van der Waals surface area contributed by atoms with Crippen molar-refractivity contribution in [3.8, 4) is 0 Å². The van der Waals surface area contributed by atoms with Crippen LogP contribution < -0.4 is 5.73 Å². The van der Waals surface area contributed by atoms with Crippen molar-refractivity contribution in [3.63, 3.8) is 0 Å². The van der Waals surface area contributed by atoms with Crippen LogP contribution in [0.2, 0.25) is 0 Å². The predicted molar refractivity (Wildman–Crippen MR) is 37.4 cm³/mol. The Morgan fingerprint density at radius 2 is 2.11 bits per heavy atom. The monoisotopic (exact) mass is 124 g/mol. The van der Waals surface area contributed by atoms with E-state index >= 15 is 0 Å². The summed E-state index contributed by atoms with van der Waals surface area (Å²) < 4.78 is 0. The van der Waals surface area contributed by atoms with Crippen LogP contribution in [0.3, 0.4) is 0 Å². The molecule has 0 amide bonds. The van der Waals surface area contributed by atoms with Gasteiger partial charge in [-0.15, -0.1) is 6.58 Å². The van der Waals surface area contributed by atoms with E-state index in [2.05, 4.69) is 13.2 Å². The molecule has 0 aromatic rings. The van der Waals surface area contributed by atoms with Gasteiger partial charge in [0.05, 0.1) is 0 Å². The van der Waals surface area contributed by atoms with Gasteiger partial charge in [0, 0.05) is 0 Å². The average Bonchev–Trinajstić information content (AvgIpc) is 1.84. The molecule has 2 heteroatoms. The number of Topliss-reactive ketones (excluding diaryl/α,β-unsaturated/α-hetero) is 1. The lowest BCUT2D eigenvalue weighted by atomic mass is 10.1. The third-order valence-electron chi connectivity index (χ3n) is 0.870. The summed E-state index contributed by atoms with van der Waals surface area (Å²) in [5.41, 5.74) is 5.64. The molecular formula is C7H10NO. The van der Waals surface area contributed by atoms with Gasteiger partial charge in [-0.25, -0.2) is 0 Å². The van der Waals surface area contributed by atoms with Gasteiger partial charge in [0.2, 0.25) is 0 Å². The molecule has 49 valence electrons. The molecule has 2 N–H and O–H groups in total. The van der Waals surface area contributed by atoms with Crippen molar-refractivity contribution >= 4 is 5.78 Å². The second kappa shape index (κ2) is 3.20. The topological polar surface area (TPSA) is 43.1 Å². The first-order chi connectivity index (χ1) is 4.09. The van der Waals surface area contributed by atoms with Gasteiger partial charge in [-0.2, -0.15) is 0 Å². The molecule has 0 saturated heterocycles. The summed E-state index contributed by atoms with van der Waals surface area (Å²) in [6.07, 6.45) is 1.32. The van der Waals surface area contributed by atoms with Crippen LogP contribution in [0.5, 0.6) is 0 Å². The van der Waals surface area contributed by atoms with E-state index in [1.54, 1.807) is 6.92 Å². The zero-order valence-corrected chi connectivity index (χ0v) is 5.48. The molecule has 0 rings (SSSR count). The van der Waals surface area contributed by atoms with Crippen LogP contribution in [0.1, 0.15) is 6.92 Å². The minimum atomic E-state index is -0.231. The minimum Gasteiger partial charge on any atom is -0.313 e. The van der Waals surface area contributed by atoms with Crippen LogP contribution >= 0.6 is 0 Å². The van der Waals surface area contributed by atoms with Gasteiger partial charge in [0.25, 0.3) is 0 Å². The third kappa shape index (κ3) is 2.24. The smallest absolute Gasteiger partial charge is 0.184 e. The van der Waals surface area contributed by atoms with E-state index in [0.29, 0.717) is 5.57 Å². The second-order valence-corrected chi connectivity index (χ2v) is 1.77. The Morgan fingerprint density at radius 1 is 1.67 bits per heavy atom. The molecular weight excluding hydrogens is 114 g/mol. The van der Waals surface area contributed by atoms with Crippen LogP contribution in [0.4, 0.5) is 0 Å². The summed E-state index contributed by atoms with van der Waals surface area (Å²) in [6, 6.07) is 0.155. The lowest BCUT2D eigenvalue weighted by Gasteiger charge is -2.00. The van der Waals surface area contributed by atoms with Crippen LogP contribution in [0, 0.1) is 6.04 Å². The fourth-order valence-corrected chi connectivity index (χ4v) is 0.339. The molecule has 1 radical (unpaired) electrons. The van der Waals surface area contributed by atoms with E-state index in [9.17, 15) is 4.79 Å². The molecule has 0 fully saturated rings. The van der Waals surface area contributed by atoms with Gasteiger partial charge in [0.15, 0.2) is 5.78 Å². The highest BCUT2D eigenvalue weighted by molar-refractivity contribution is 6.05. The van der Waals surface area contributed by atoms with Crippen molar-refractivity contribution in [2.24, 2.45) is 5.73 Å². The predicted octanol–water partition coefficient (Wildman–Crippen LogP) is 0.808. The van der Waals surface area contributed by atoms with E-state index < -0.39 is 0 Å². The number of carbonyl (C=O) groups excluding carboxylic acids is 1. The number of ketones is 1. The molecule has 9 heavy (non-hydrogen) atoms. The fraction of sp³-hybridized carbons (Fsp3) is 0.143. The van der Waals surface area contributed by atoms with Gasteiger partial charge in [-0.1, -0.05) is 12.7 Å². The van der Waals surface area contributed by atoms with E-state index in [1.165, 1.54) is 6.08 Å². The number of rotatable bonds is 3. The summed E-state index contributed by atoms with van der Waals surface area (Å²) in [5, 5.41) is 0. The van der Waals surface area contributed by atoms with E-state index in [-0.39, 0.29) is 11.8 Å². The summed E-state index contributed by atoms with van der Waals surface area (Å²) in [6.45, 7) is 8.38. The molecule has 0 spiro atoms. The van der Waals surface area contributed by atoms with E-state index in [4.69, 9.17) is 5.73 Å². The first-order valence-corrected chi connectivity index (χ1v) is 2.54. The Labute approximate surface area is 55.1 Å². The summed E-state index contributed by atoms with van der Waals surface area (Å²) >= 11 is 0. The van der Waals surface area contributed by atoms with Crippen molar-refractivity contribution in [2.45, 2.75) is 6.92 Å². The van der Waals surface area contributed by atoms with Crippen molar-refractivity contribution in [1.29, 1.82) is 0 Å². The number of carbonyl (C=O) groups is 1. The molecule has 0 aromatic heterocycles. The van der Waals surface area contributed by atoms with Gasteiger partial charge >= 0.3 is 0 Å². The van der Waals surface area contributed by atoms with Crippen molar-refractivity contribution in [1.82, 2.24) is 0 Å². The maximum Gasteiger partial charge on any atom is 0.184 e. The summed E-state index contributed by atoms with van der Waals surface area (Å²) in [4.78, 5) is 10.7. The first-order valence-electron chi connectivity index (χ1n) is 2.54. The highest BCUT2D eigenvalue weighted by atomic mass is 16.1. The number of hydrogen-bond acceptors (Lipinski definition) is 2. The zero-order chi connectivity index (χ0) is 7.44. The molecule has 0 heterocycles. The SMILES string of the molecule is C=C[C](N)C(=O)C(=C)C. The normalized spacial score (nSPS) is 9.22. The first kappa shape index (κ1) is 8.11. The molecule has 0 saturated carbocycles. The molecule has 0 aliphatic carbocycles. The van der Waals surface area contributed by atoms with Crippen molar-refractivity contribution in [3.05, 3.63) is 30.8 Å². The second-order valence-electron chi connectivity index (χ2n) is 1.77. The van der Waals surface area contributed by atoms with Crippen LogP contribution in [0.25, 0.3) is 0 Å². The summed E-state index contributed by atoms with van der Waals surface area (Å²) in [7, 11) is 0. The highest BCUT2D eigenvalue weighted by Crippen LogP contribution is 2.00. The minimum absolute atomic E-state index is 0.155. The quantitative estimate of drug-likeness (QED) is 0.566. The van der Waals surface area contributed by atoms with Crippen molar-refractivity contribution < 1.29 is 4.79 Å². The lowest BCUT2D eigenvalue weighted by molar-refractivity contribution is -0.113. The van der Waals surface area contributed by atoms with Gasteiger partial charge in [-0.3, -0.25) is 4.79 Å². The van der Waals surface area contributed by atoms with Crippen molar-refractivity contribution in [2.75, 3.05) is 0 Å². The molecule has 0 bridgehead atoms. The van der Waals surface area contributed by atoms with Crippen LogP contribution in [-0.2, 0) is 4.79 Å². The molecule has 0 aliphatic rings. The van der Waals surface area contributed by atoms with Gasteiger partial charge < -0.3 is 5.73 Å². The Morgan fingerprint density at radius 3 is 2.22 bits per heavy atom. The largest absolute Gasteiger partial charge is 0.313 e. The van der Waals surface area contributed by atoms with E-state index in [0.717, 1.165) is 0 Å². The Hall–Kier alpha value is -0.890. The molecule has 2 nitrogen and oxygen atoms in total. The molecule has 0 aliphatic heterocycles. The zero-order valence-electron chi connectivity index (χ0n) is 5.48. The summed E-state index contributed by atoms with van der Waals surface area (Å²) in [5.74, 6) is -0.231. The molecule has 0 unspecified atom stereocenters. The number of hydrogen-bond donors (Lipinski definition) is 1. The Balaban J connectivity index is 4.03. The molecule has 0 atom stereocenters. The number of nitrogens with two attached hydrogens (primary N) is 1. The van der Waals surface area contributed by atoms with Crippen LogP contribution in [0.15, 0.2) is 24.8 Å². The average molecular weight is 124 g/mol. The maximum atomic E-state index is 10.7.